The number of carbonyl (C=O) groups excluding carboxylic acids is 17. The maximum absolute atomic E-state index is 14.6. The number of carbonyl (C=O) groups is 19. The number of phenolic OH excluding ortho intramolecular Hbond substituents is 1. The molecular formula is C99H145N23O25. The minimum absolute atomic E-state index is 0.00669. The minimum Gasteiger partial charge on any atom is -0.508 e. The summed E-state index contributed by atoms with van der Waals surface area (Å²) in [5.74, 6) is -18.6. The highest BCUT2D eigenvalue weighted by Gasteiger charge is 2.40. The van der Waals surface area contributed by atoms with Crippen molar-refractivity contribution in [2.45, 2.75) is 250 Å². The Morgan fingerprint density at radius 2 is 0.810 bits per heavy atom. The molecule has 5 rings (SSSR count). The Bertz CT molecular complexity index is 5160. The number of nitrogens with two attached hydrogens (primary N) is 5. The molecule has 0 fully saturated rings. The van der Waals surface area contributed by atoms with Gasteiger partial charge in [-0.1, -0.05) is 165 Å². The molecular weight excluding hydrogens is 1910 g/mol. The summed E-state index contributed by atoms with van der Waals surface area (Å²) in [5, 5.41) is 88.0. The molecule has 1 aliphatic rings. The van der Waals surface area contributed by atoms with Gasteiger partial charge in [-0.3, -0.25) is 91.5 Å². The van der Waals surface area contributed by atoms with Gasteiger partial charge in [-0.25, -0.2) is 9.59 Å². The number of guanidine groups is 2. The second kappa shape index (κ2) is 64.2. The van der Waals surface area contributed by atoms with Crippen molar-refractivity contribution in [3.8, 4) is 16.9 Å². The molecule has 0 aliphatic heterocycles. The van der Waals surface area contributed by atoms with Crippen molar-refractivity contribution in [3.05, 3.63) is 151 Å². The number of aliphatic hydroxyl groups is 2. The van der Waals surface area contributed by atoms with Gasteiger partial charge in [-0.2, -0.15) is 0 Å². The molecule has 0 spiro atoms. The first kappa shape index (κ1) is 124. The monoisotopic (exact) mass is 2060 g/mol. The van der Waals surface area contributed by atoms with E-state index in [-0.39, 0.29) is 106 Å². The third-order valence-corrected chi connectivity index (χ3v) is 23.1. The highest BCUT2D eigenvalue weighted by Crippen LogP contribution is 2.44. The average Bonchev–Trinajstić information content (AvgIpc) is 1.61. The third kappa shape index (κ3) is 44.6. The highest BCUT2D eigenvalue weighted by atomic mass is 16.5. The molecule has 15 atom stereocenters. The Balaban J connectivity index is 0.000000671. The number of hydrogen-bond donors (Lipinski definition) is 26. The van der Waals surface area contributed by atoms with Crippen LogP contribution in [0.2, 0.25) is 0 Å². The zero-order chi connectivity index (χ0) is 110. The van der Waals surface area contributed by atoms with Gasteiger partial charge in [0.15, 0.2) is 11.9 Å². The number of phenols is 1. The first-order valence-electron chi connectivity index (χ1n) is 48.2. The standard InChI is InChI=1S/C63H93N15O11.C36H52N8O14/c1-9-17-46(54(81)71-38(8)18-15-30-69-61(65)66)72-55(82)48(28-29-51(64)80)74-59(86)52(36(5)6)77-60(87)53(37(7)10-2)78-56(83)47(23-16-31-70-62(67)68)73-57(84)49(32-35(3)4)75-58(85)50(33-39-24-26-40(79)27-25-39)76-63(88)89-34-45-43-21-13-11-19-41(43)42-20-12-14-22-44(42)45;1-5-9-22(31(52)37-15-27(48)40-24(36(57)58)14-21-10-7-6-8-11-21)42-33(54)26(18-46)41-28(49)16-38-32(53)23(12-13-29(50)51)43-35(56)30(19(2)3)44-34(55)25(17-45)39-20(4)47/h9,11-14,19-22,24-27,35-38,45-50,52-53,79H,1,10,15-18,23,28-34H2,2-8H3,(H2,64,80)(H,71,81)(H,72,82)(H,73,84)(H,74,86)(H,75,85)(H,76,88)(H,77,87)(H,78,83)(H4,65,66,69)(H4,67,68,70);5-8,10-11,19,22-26,30,45-46H,1,9,12-18H2,2-4H3,(H,37,52)(H,38,53)(H,39,47)(H,40,48)(H,41,49)(H,42,54)(H,43,56)(H,44,55)(H,50,51)(H,57,58)/t37?,38-,46+,47+,48+,49+,50+,52+,53+;22-,23-,24-,25+,26-,30+/m00/s1. The van der Waals surface area contributed by atoms with Crippen molar-refractivity contribution in [2.75, 3.05) is 46.0 Å². The average molecular weight is 2060 g/mol. The largest absolute Gasteiger partial charge is 0.508 e. The highest BCUT2D eigenvalue weighted by molar-refractivity contribution is 6.00. The van der Waals surface area contributed by atoms with E-state index >= 15 is 0 Å². The number of aliphatic hydroxyl groups excluding tert-OH is 2. The molecule has 0 aromatic heterocycles. The number of ether oxygens (including phenoxy) is 1. The molecule has 147 heavy (non-hydrogen) atoms. The zero-order valence-electron chi connectivity index (χ0n) is 84.4. The number of alkyl carbamates (subject to hydrolysis) is 1. The van der Waals surface area contributed by atoms with Gasteiger partial charge in [-0.15, -0.1) is 13.2 Å². The van der Waals surface area contributed by atoms with Gasteiger partial charge < -0.3 is 144 Å². The first-order chi connectivity index (χ1) is 69.5. The van der Waals surface area contributed by atoms with Crippen LogP contribution in [0.5, 0.6) is 5.75 Å². The van der Waals surface area contributed by atoms with Crippen LogP contribution in [0.15, 0.2) is 138 Å². The molecule has 17 amide bonds. The predicted octanol–water partition coefficient (Wildman–Crippen LogP) is -2.49. The topological polar surface area (TPSA) is 782 Å². The van der Waals surface area contributed by atoms with Crippen molar-refractivity contribution in [2.24, 2.45) is 62.3 Å². The van der Waals surface area contributed by atoms with Gasteiger partial charge in [-0.05, 0) is 134 Å². The lowest BCUT2D eigenvalue weighted by Gasteiger charge is -2.31. The number of aromatic hydroxyl groups is 1. The molecule has 0 heterocycles. The van der Waals surface area contributed by atoms with E-state index in [1.807, 2.05) is 62.4 Å². The van der Waals surface area contributed by atoms with Crippen LogP contribution in [-0.4, -0.2) is 281 Å². The number of primary amides is 1. The van der Waals surface area contributed by atoms with E-state index in [9.17, 15) is 117 Å². The number of fused-ring (bicyclic) bond motifs is 3. The van der Waals surface area contributed by atoms with E-state index in [1.54, 1.807) is 90.9 Å². The first-order valence-corrected chi connectivity index (χ1v) is 48.2. The van der Waals surface area contributed by atoms with Gasteiger partial charge in [0.05, 0.1) is 26.3 Å². The third-order valence-electron chi connectivity index (χ3n) is 23.1. The number of hydrogen-bond acceptors (Lipinski definition) is 25. The number of benzene rings is 4. The van der Waals surface area contributed by atoms with E-state index in [0.29, 0.717) is 36.9 Å². The Kier molecular flexibility index (Phi) is 54.0. The van der Waals surface area contributed by atoms with Crippen molar-refractivity contribution in [1.82, 2.24) is 85.1 Å². The van der Waals surface area contributed by atoms with Crippen LogP contribution in [0.4, 0.5) is 4.79 Å². The van der Waals surface area contributed by atoms with Gasteiger partial charge in [0.1, 0.15) is 90.9 Å². The van der Waals surface area contributed by atoms with Crippen LogP contribution in [-0.2, 0) is 104 Å². The lowest BCUT2D eigenvalue weighted by molar-refractivity contribution is -0.142. The molecule has 4 aromatic carbocycles. The van der Waals surface area contributed by atoms with Gasteiger partial charge in [0, 0.05) is 57.7 Å². The number of rotatable bonds is 63. The fourth-order valence-corrected chi connectivity index (χ4v) is 15.1. The van der Waals surface area contributed by atoms with Crippen molar-refractivity contribution in [1.29, 1.82) is 0 Å². The summed E-state index contributed by atoms with van der Waals surface area (Å²) < 4.78 is 5.82. The quantitative estimate of drug-likeness (QED) is 0.00941. The van der Waals surface area contributed by atoms with E-state index in [0.717, 1.165) is 29.2 Å². The molecule has 48 nitrogen and oxygen atoms in total. The molecule has 1 aliphatic carbocycles. The molecule has 1 unspecified atom stereocenters. The maximum atomic E-state index is 14.6. The predicted molar refractivity (Wildman–Crippen MR) is 542 cm³/mol. The molecule has 31 N–H and O–H groups in total. The van der Waals surface area contributed by atoms with Gasteiger partial charge in [0.2, 0.25) is 94.5 Å². The van der Waals surface area contributed by atoms with E-state index in [4.69, 9.17) is 33.4 Å². The van der Waals surface area contributed by atoms with Crippen LogP contribution in [0.1, 0.15) is 174 Å². The Morgan fingerprint density at radius 1 is 0.415 bits per heavy atom. The smallest absolute Gasteiger partial charge is 0.407 e. The summed E-state index contributed by atoms with van der Waals surface area (Å²) in [6.45, 7) is 20.7. The fraction of sp³-hybridized carbons (Fsp3) is 0.505. The summed E-state index contributed by atoms with van der Waals surface area (Å²) in [6.07, 6.45) is 1.48. The van der Waals surface area contributed by atoms with Crippen molar-refractivity contribution < 1.29 is 121 Å². The zero-order valence-corrected chi connectivity index (χ0v) is 84.4. The Morgan fingerprint density at radius 3 is 1.30 bits per heavy atom. The lowest BCUT2D eigenvalue weighted by atomic mass is 9.95. The number of aliphatic imine (C=N–C) groups is 2. The van der Waals surface area contributed by atoms with Crippen LogP contribution < -0.4 is 114 Å². The summed E-state index contributed by atoms with van der Waals surface area (Å²) in [5.41, 5.74) is 32.7. The molecule has 4 aromatic rings. The fourth-order valence-electron chi connectivity index (χ4n) is 15.1. The number of carboxylic acid groups (broad SMARTS) is 2. The molecule has 806 valence electrons. The number of nitrogens with one attached hydrogen (secondary N) is 16. The molecule has 48 heteroatoms. The Hall–Kier alpha value is -15.6. The number of nitrogens with zero attached hydrogens (tertiary/aromatic N) is 2. The minimum atomic E-state index is -1.67. The van der Waals surface area contributed by atoms with Crippen molar-refractivity contribution in [3.63, 3.8) is 0 Å². The molecule has 0 radical (unpaired) electrons. The van der Waals surface area contributed by atoms with E-state index < -0.39 is 248 Å². The van der Waals surface area contributed by atoms with Gasteiger partial charge >= 0.3 is 18.0 Å². The molecule has 0 bridgehead atoms. The number of aliphatic carboxylic acids is 2. The summed E-state index contributed by atoms with van der Waals surface area (Å²) >= 11 is 0. The van der Waals surface area contributed by atoms with Crippen LogP contribution in [0.3, 0.4) is 0 Å². The second-order valence-corrected chi connectivity index (χ2v) is 36.3. The van der Waals surface area contributed by atoms with Gasteiger partial charge in [0.25, 0.3) is 0 Å². The van der Waals surface area contributed by atoms with Crippen molar-refractivity contribution >= 4 is 124 Å². The van der Waals surface area contributed by atoms with Crippen LogP contribution in [0.25, 0.3) is 11.1 Å². The van der Waals surface area contributed by atoms with E-state index in [2.05, 4.69) is 108 Å². The lowest BCUT2D eigenvalue weighted by Crippen LogP contribution is -2.62. The summed E-state index contributed by atoms with van der Waals surface area (Å²) in [6, 6.07) is 12.2. The number of carboxylic acids is 2. The Labute approximate surface area is 852 Å². The van der Waals surface area contributed by atoms with Crippen LogP contribution >= 0.6 is 0 Å². The summed E-state index contributed by atoms with van der Waals surface area (Å²) in [4.78, 5) is 258. The molecule has 0 saturated carbocycles. The normalized spacial score (nSPS) is 14.3. The molecule has 0 saturated heterocycles. The van der Waals surface area contributed by atoms with E-state index in [1.165, 1.54) is 24.3 Å². The summed E-state index contributed by atoms with van der Waals surface area (Å²) in [7, 11) is 0. The second-order valence-electron chi connectivity index (χ2n) is 36.3. The van der Waals surface area contributed by atoms with Crippen LogP contribution in [0, 0.1) is 23.7 Å². The number of amides is 17. The SMILES string of the molecule is C=CC[C@@H](NC(=O)[C@@H](CCC(N)=O)NC(=O)[C@H](NC(=O)[C@H](NC(=O)[C@@H](CCCN=C(N)N)NC(=O)[C@@H](CC(C)C)NC(=O)[C@@H](Cc1ccc(O)cc1)NC(=O)OCC1c2ccccc2-c2ccccc21)C(C)CC)C(C)C)C(=O)N[C@@H](C)CCCN=C(N)N.C=CC[C@H](NC(=O)[C@H](CO)NC(=O)CNC(=O)[C@H](CCC(=O)O)NC(=O)[C@H](NC(=O)[C@@H](CO)NC(C)=O)C(C)C)C(=O)NCC(=O)N[C@@H](Cc1ccccc1)C(=O)O. The maximum Gasteiger partial charge on any atom is 0.407 e.